The first-order valence-electron chi connectivity index (χ1n) is 5.34. The summed E-state index contributed by atoms with van der Waals surface area (Å²) in [5, 5.41) is 0. The molecule has 0 saturated heterocycles. The number of ether oxygens (including phenoxy) is 2. The van der Waals surface area contributed by atoms with Crippen LogP contribution in [0.4, 0.5) is 0 Å². The molecule has 8 heteroatoms. The van der Waals surface area contributed by atoms with Gasteiger partial charge >= 0.3 is 19.5 Å². The molecule has 0 rings (SSSR count). The van der Waals surface area contributed by atoms with Gasteiger partial charge in [0, 0.05) is 6.08 Å². The van der Waals surface area contributed by atoms with E-state index in [-0.39, 0.29) is 13.2 Å². The molecule has 0 atom stereocenters. The molecule has 0 bridgehead atoms. The first kappa shape index (κ1) is 16.8. The molecule has 0 heterocycles. The van der Waals surface area contributed by atoms with Crippen LogP contribution in [0.5, 0.6) is 0 Å². The van der Waals surface area contributed by atoms with Crippen LogP contribution in [-0.4, -0.2) is 41.1 Å². The molecule has 0 saturated carbocycles. The Bertz CT molecular complexity index is 333. The van der Waals surface area contributed by atoms with Crippen LogP contribution in [0.3, 0.4) is 0 Å². The first-order valence-corrected chi connectivity index (χ1v) is 7.14. The number of carbonyl (C=O) groups excluding carboxylic acids is 2. The Hall–Kier alpha value is -1.17. The van der Waals surface area contributed by atoms with Gasteiger partial charge in [0.25, 0.3) is 0 Å². The van der Waals surface area contributed by atoms with E-state index in [0.29, 0.717) is 19.3 Å². The topological polar surface area (TPSA) is 110 Å². The van der Waals surface area contributed by atoms with Crippen LogP contribution in [0.15, 0.2) is 12.7 Å². The van der Waals surface area contributed by atoms with Crippen molar-refractivity contribution in [3.63, 3.8) is 0 Å². The maximum Gasteiger partial charge on any atom is 0.336 e. The second-order valence-corrected chi connectivity index (χ2v) is 5.12. The second-order valence-electron chi connectivity index (χ2n) is 3.48. The number of unbranched alkanes of at least 4 members (excludes halogenated alkanes) is 2. The third-order valence-electron chi connectivity index (χ3n) is 1.80. The van der Waals surface area contributed by atoms with Crippen molar-refractivity contribution in [2.24, 2.45) is 0 Å². The fourth-order valence-corrected chi connectivity index (χ4v) is 1.44. The van der Waals surface area contributed by atoms with Crippen LogP contribution < -0.4 is 0 Å². The highest BCUT2D eigenvalue weighted by molar-refractivity contribution is 7.52. The van der Waals surface area contributed by atoms with Gasteiger partial charge in [-0.2, -0.15) is 0 Å². The van der Waals surface area contributed by atoms with E-state index in [9.17, 15) is 14.2 Å². The number of carbonyl (C=O) groups is 2. The van der Waals surface area contributed by atoms with Crippen LogP contribution >= 0.6 is 7.60 Å². The molecule has 0 fully saturated rings. The second kappa shape index (κ2) is 8.85. The molecular weight excluding hydrogens is 263 g/mol. The van der Waals surface area contributed by atoms with Crippen molar-refractivity contribution in [1.29, 1.82) is 0 Å². The van der Waals surface area contributed by atoms with Crippen molar-refractivity contribution < 1.29 is 33.4 Å². The number of esters is 2. The quantitative estimate of drug-likeness (QED) is 0.275. The standard InChI is InChI=1S/C10H17O7P/c1-2-9(11)16-6-4-3-5-7-17-10(12)8-18(13,14)15/h2H,1,3-8H2,(H2,13,14,15). The summed E-state index contributed by atoms with van der Waals surface area (Å²) < 4.78 is 19.8. The van der Waals surface area contributed by atoms with E-state index in [1.807, 2.05) is 0 Å². The van der Waals surface area contributed by atoms with Gasteiger partial charge < -0.3 is 19.3 Å². The molecule has 0 aromatic carbocycles. The lowest BCUT2D eigenvalue weighted by molar-refractivity contribution is -0.140. The Labute approximate surface area is 105 Å². The normalized spacial score (nSPS) is 10.8. The van der Waals surface area contributed by atoms with E-state index in [1.165, 1.54) is 0 Å². The molecule has 18 heavy (non-hydrogen) atoms. The lowest BCUT2D eigenvalue weighted by atomic mass is 10.2. The Morgan fingerprint density at radius 2 is 1.67 bits per heavy atom. The van der Waals surface area contributed by atoms with Crippen molar-refractivity contribution in [3.8, 4) is 0 Å². The van der Waals surface area contributed by atoms with Crippen LogP contribution in [0, 0.1) is 0 Å². The van der Waals surface area contributed by atoms with Crippen LogP contribution in [0.2, 0.25) is 0 Å². The summed E-state index contributed by atoms with van der Waals surface area (Å²) in [6, 6.07) is 0. The summed E-state index contributed by atoms with van der Waals surface area (Å²) in [6.07, 6.45) is 2.01. The fourth-order valence-electron chi connectivity index (χ4n) is 1.01. The Morgan fingerprint density at radius 1 is 1.11 bits per heavy atom. The molecule has 0 aromatic rings. The highest BCUT2D eigenvalue weighted by Gasteiger charge is 2.19. The van der Waals surface area contributed by atoms with Crippen molar-refractivity contribution >= 4 is 19.5 Å². The largest absolute Gasteiger partial charge is 0.465 e. The van der Waals surface area contributed by atoms with Crippen molar-refractivity contribution in [2.75, 3.05) is 19.4 Å². The monoisotopic (exact) mass is 280 g/mol. The predicted molar refractivity (Wildman–Crippen MR) is 62.9 cm³/mol. The van der Waals surface area contributed by atoms with Crippen LogP contribution in [0.1, 0.15) is 19.3 Å². The Morgan fingerprint density at radius 3 is 2.17 bits per heavy atom. The van der Waals surface area contributed by atoms with E-state index >= 15 is 0 Å². The molecule has 7 nitrogen and oxygen atoms in total. The average Bonchev–Trinajstić information content (AvgIpc) is 2.25. The number of hydrogen-bond acceptors (Lipinski definition) is 5. The molecule has 0 aliphatic carbocycles. The molecule has 0 aromatic heterocycles. The van der Waals surface area contributed by atoms with E-state index < -0.39 is 25.7 Å². The van der Waals surface area contributed by atoms with Gasteiger partial charge in [-0.3, -0.25) is 9.36 Å². The Kier molecular flexibility index (Phi) is 8.28. The van der Waals surface area contributed by atoms with E-state index in [0.717, 1.165) is 6.08 Å². The van der Waals surface area contributed by atoms with Gasteiger partial charge in [-0.05, 0) is 19.3 Å². The zero-order chi connectivity index (χ0) is 14.0. The molecule has 0 unspecified atom stereocenters. The predicted octanol–water partition coefficient (Wildman–Crippen LogP) is 0.607. The van der Waals surface area contributed by atoms with E-state index in [2.05, 4.69) is 11.3 Å². The lowest BCUT2D eigenvalue weighted by Gasteiger charge is -2.06. The molecule has 0 aliphatic heterocycles. The van der Waals surface area contributed by atoms with E-state index in [4.69, 9.17) is 14.5 Å². The minimum Gasteiger partial charge on any atom is -0.465 e. The van der Waals surface area contributed by atoms with Crippen molar-refractivity contribution in [2.45, 2.75) is 19.3 Å². The van der Waals surface area contributed by atoms with Gasteiger partial charge in [0.2, 0.25) is 0 Å². The molecule has 0 spiro atoms. The van der Waals surface area contributed by atoms with Crippen LogP contribution in [0.25, 0.3) is 0 Å². The number of rotatable bonds is 9. The highest BCUT2D eigenvalue weighted by atomic mass is 31.2. The maximum absolute atomic E-state index is 10.9. The third-order valence-corrected chi connectivity index (χ3v) is 2.47. The molecule has 104 valence electrons. The van der Waals surface area contributed by atoms with E-state index in [1.54, 1.807) is 0 Å². The molecular formula is C10H17O7P. The highest BCUT2D eigenvalue weighted by Crippen LogP contribution is 2.33. The third kappa shape index (κ3) is 11.3. The summed E-state index contributed by atoms with van der Waals surface area (Å²) in [4.78, 5) is 38.5. The van der Waals surface area contributed by atoms with Crippen molar-refractivity contribution in [1.82, 2.24) is 0 Å². The van der Waals surface area contributed by atoms with Gasteiger partial charge in [-0.15, -0.1) is 0 Å². The maximum atomic E-state index is 10.9. The fraction of sp³-hybridized carbons (Fsp3) is 0.600. The average molecular weight is 280 g/mol. The molecule has 2 N–H and O–H groups in total. The SMILES string of the molecule is C=CC(=O)OCCCCCOC(=O)CP(=O)(O)O. The van der Waals surface area contributed by atoms with Gasteiger partial charge in [0.05, 0.1) is 13.2 Å². The van der Waals surface area contributed by atoms with Gasteiger partial charge in [-0.1, -0.05) is 6.58 Å². The summed E-state index contributed by atoms with van der Waals surface area (Å²) >= 11 is 0. The van der Waals surface area contributed by atoms with Crippen LogP contribution in [-0.2, 0) is 23.6 Å². The first-order chi connectivity index (χ1) is 8.35. The smallest absolute Gasteiger partial charge is 0.336 e. The summed E-state index contributed by atoms with van der Waals surface area (Å²) in [6.45, 7) is 3.60. The molecule has 0 radical (unpaired) electrons. The molecule has 0 amide bonds. The summed E-state index contributed by atoms with van der Waals surface area (Å²) in [5.41, 5.74) is 0. The minimum atomic E-state index is -4.34. The Balaban J connectivity index is 3.41. The van der Waals surface area contributed by atoms with Gasteiger partial charge in [0.15, 0.2) is 0 Å². The summed E-state index contributed by atoms with van der Waals surface area (Å²) in [5.74, 6) is -1.40. The summed E-state index contributed by atoms with van der Waals surface area (Å²) in [7, 11) is -4.34. The number of hydrogen-bond donors (Lipinski definition) is 2. The zero-order valence-electron chi connectivity index (χ0n) is 9.91. The lowest BCUT2D eigenvalue weighted by Crippen LogP contribution is -2.11. The molecule has 0 aliphatic rings. The van der Waals surface area contributed by atoms with Gasteiger partial charge in [0.1, 0.15) is 6.16 Å². The zero-order valence-corrected chi connectivity index (χ0v) is 10.8. The van der Waals surface area contributed by atoms with Crippen molar-refractivity contribution in [3.05, 3.63) is 12.7 Å². The minimum absolute atomic E-state index is 0.0915. The van der Waals surface area contributed by atoms with Gasteiger partial charge in [-0.25, -0.2) is 4.79 Å².